The zero-order valence-corrected chi connectivity index (χ0v) is 19.7. The lowest BCUT2D eigenvalue weighted by Gasteiger charge is -2.36. The molecule has 172 valence electrons. The highest BCUT2D eigenvalue weighted by Crippen LogP contribution is 2.20. The highest BCUT2D eigenvalue weighted by molar-refractivity contribution is 6.30. The number of benzene rings is 3. The lowest BCUT2D eigenvalue weighted by molar-refractivity contribution is 0.0747. The Morgan fingerprint density at radius 1 is 0.912 bits per heavy atom. The zero-order valence-electron chi connectivity index (χ0n) is 18.9. The molecule has 0 saturated carbocycles. The zero-order chi connectivity index (χ0) is 23.7. The van der Waals surface area contributed by atoms with E-state index in [1.165, 1.54) is 0 Å². The van der Waals surface area contributed by atoms with Crippen molar-refractivity contribution in [3.63, 3.8) is 0 Å². The van der Waals surface area contributed by atoms with Crippen molar-refractivity contribution < 1.29 is 4.79 Å². The molecule has 1 aromatic heterocycles. The SMILES string of the molecule is Cc1nc2ccccc2n(Cc2ccc(C(=O)N3CCN(c4ccc(Cl)cc4)CC3)cc2)c1=O. The Hall–Kier alpha value is -3.64. The average molecular weight is 473 g/mol. The summed E-state index contributed by atoms with van der Waals surface area (Å²) in [6, 6.07) is 23.0. The van der Waals surface area contributed by atoms with Crippen molar-refractivity contribution in [3.05, 3.63) is 105 Å². The van der Waals surface area contributed by atoms with Crippen molar-refractivity contribution in [1.82, 2.24) is 14.5 Å². The first-order valence-corrected chi connectivity index (χ1v) is 11.7. The maximum absolute atomic E-state index is 13.1. The molecule has 1 amide bonds. The summed E-state index contributed by atoms with van der Waals surface area (Å²) in [6.07, 6.45) is 0. The van der Waals surface area contributed by atoms with Gasteiger partial charge in [-0.15, -0.1) is 0 Å². The fraction of sp³-hybridized carbons (Fsp3) is 0.222. The number of para-hydroxylation sites is 2. The van der Waals surface area contributed by atoms with Crippen molar-refractivity contribution in [3.8, 4) is 0 Å². The fourth-order valence-electron chi connectivity index (χ4n) is 4.41. The summed E-state index contributed by atoms with van der Waals surface area (Å²) in [5.74, 6) is 0.0321. The van der Waals surface area contributed by atoms with Crippen LogP contribution in [-0.4, -0.2) is 46.5 Å². The van der Waals surface area contributed by atoms with Crippen molar-refractivity contribution >= 4 is 34.2 Å². The van der Waals surface area contributed by atoms with E-state index in [0.717, 1.165) is 40.4 Å². The first-order chi connectivity index (χ1) is 16.5. The number of aromatic nitrogens is 2. The molecule has 0 spiro atoms. The van der Waals surface area contributed by atoms with E-state index in [1.807, 2.05) is 77.7 Å². The van der Waals surface area contributed by atoms with E-state index in [2.05, 4.69) is 9.88 Å². The number of piperazine rings is 1. The van der Waals surface area contributed by atoms with E-state index < -0.39 is 0 Å². The van der Waals surface area contributed by atoms with Gasteiger partial charge in [0.1, 0.15) is 5.69 Å². The number of fused-ring (bicyclic) bond motifs is 1. The van der Waals surface area contributed by atoms with Crippen molar-refractivity contribution in [2.45, 2.75) is 13.5 Å². The van der Waals surface area contributed by atoms with E-state index in [-0.39, 0.29) is 11.5 Å². The molecule has 34 heavy (non-hydrogen) atoms. The molecule has 1 aliphatic rings. The molecule has 3 aromatic carbocycles. The molecule has 6 nitrogen and oxygen atoms in total. The minimum Gasteiger partial charge on any atom is -0.368 e. The Kier molecular flexibility index (Phi) is 6.07. The predicted molar refractivity (Wildman–Crippen MR) is 136 cm³/mol. The van der Waals surface area contributed by atoms with Gasteiger partial charge in [0.2, 0.25) is 0 Å². The molecule has 7 heteroatoms. The number of anilines is 1. The van der Waals surface area contributed by atoms with Crippen LogP contribution in [0, 0.1) is 6.92 Å². The van der Waals surface area contributed by atoms with Gasteiger partial charge in [0, 0.05) is 42.5 Å². The largest absolute Gasteiger partial charge is 0.368 e. The van der Waals surface area contributed by atoms with Crippen LogP contribution in [0.4, 0.5) is 5.69 Å². The van der Waals surface area contributed by atoms with Crippen LogP contribution in [0.1, 0.15) is 21.6 Å². The summed E-state index contributed by atoms with van der Waals surface area (Å²) in [4.78, 5) is 34.4. The van der Waals surface area contributed by atoms with Crippen LogP contribution >= 0.6 is 11.6 Å². The average Bonchev–Trinajstić information content (AvgIpc) is 2.87. The first kappa shape index (κ1) is 22.2. The molecule has 0 aliphatic carbocycles. The van der Waals surface area contributed by atoms with Gasteiger partial charge in [0.05, 0.1) is 17.6 Å². The number of carbonyl (C=O) groups is 1. The van der Waals surface area contributed by atoms with Crippen LogP contribution in [0.15, 0.2) is 77.6 Å². The number of nitrogens with zero attached hydrogens (tertiary/aromatic N) is 4. The van der Waals surface area contributed by atoms with Gasteiger partial charge in [-0.25, -0.2) is 4.98 Å². The molecule has 1 aliphatic heterocycles. The molecule has 0 bridgehead atoms. The maximum atomic E-state index is 13.1. The van der Waals surface area contributed by atoms with Gasteiger partial charge in [0.15, 0.2) is 0 Å². The lowest BCUT2D eigenvalue weighted by Crippen LogP contribution is -2.48. The van der Waals surface area contributed by atoms with E-state index >= 15 is 0 Å². The quantitative estimate of drug-likeness (QED) is 0.442. The third-order valence-electron chi connectivity index (χ3n) is 6.32. The molecule has 2 heterocycles. The molecule has 1 saturated heterocycles. The van der Waals surface area contributed by atoms with Gasteiger partial charge in [-0.05, 0) is 61.0 Å². The van der Waals surface area contributed by atoms with Gasteiger partial charge in [-0.3, -0.25) is 9.59 Å². The topological polar surface area (TPSA) is 58.4 Å². The van der Waals surface area contributed by atoms with Gasteiger partial charge in [0.25, 0.3) is 11.5 Å². The number of rotatable bonds is 4. The number of halogens is 1. The molecule has 0 atom stereocenters. The first-order valence-electron chi connectivity index (χ1n) is 11.3. The Labute approximate surface area is 203 Å². The summed E-state index contributed by atoms with van der Waals surface area (Å²) in [5.41, 5.74) is 4.71. The molecular weight excluding hydrogens is 448 g/mol. The van der Waals surface area contributed by atoms with Crippen LogP contribution in [0.5, 0.6) is 0 Å². The Morgan fingerprint density at radius 3 is 2.29 bits per heavy atom. The third kappa shape index (κ3) is 4.41. The number of hydrogen-bond acceptors (Lipinski definition) is 4. The van der Waals surface area contributed by atoms with Crippen molar-refractivity contribution in [2.75, 3.05) is 31.1 Å². The lowest BCUT2D eigenvalue weighted by atomic mass is 10.1. The summed E-state index contributed by atoms with van der Waals surface area (Å²) in [5, 5.41) is 0.720. The second-order valence-electron chi connectivity index (χ2n) is 8.53. The van der Waals surface area contributed by atoms with Crippen LogP contribution < -0.4 is 10.5 Å². The highest BCUT2D eigenvalue weighted by Gasteiger charge is 2.22. The van der Waals surface area contributed by atoms with Crippen LogP contribution in [0.25, 0.3) is 11.0 Å². The van der Waals surface area contributed by atoms with Gasteiger partial charge in [-0.1, -0.05) is 35.9 Å². The van der Waals surface area contributed by atoms with E-state index in [1.54, 1.807) is 11.5 Å². The summed E-state index contributed by atoms with van der Waals surface area (Å²) in [7, 11) is 0. The van der Waals surface area contributed by atoms with Crippen molar-refractivity contribution in [1.29, 1.82) is 0 Å². The molecule has 0 radical (unpaired) electrons. The van der Waals surface area contributed by atoms with E-state index in [4.69, 9.17) is 11.6 Å². The molecule has 1 fully saturated rings. The predicted octanol–water partition coefficient (Wildman–Crippen LogP) is 4.37. The van der Waals surface area contributed by atoms with Gasteiger partial charge >= 0.3 is 0 Å². The minimum absolute atomic E-state index is 0.0321. The molecule has 0 unspecified atom stereocenters. The summed E-state index contributed by atoms with van der Waals surface area (Å²) in [6.45, 7) is 5.06. The molecule has 4 aromatic rings. The summed E-state index contributed by atoms with van der Waals surface area (Å²) < 4.78 is 1.74. The Morgan fingerprint density at radius 2 is 1.59 bits per heavy atom. The van der Waals surface area contributed by atoms with Crippen LogP contribution in [0.2, 0.25) is 5.02 Å². The number of hydrogen-bond donors (Lipinski definition) is 0. The highest BCUT2D eigenvalue weighted by atomic mass is 35.5. The second kappa shape index (κ2) is 9.31. The monoisotopic (exact) mass is 472 g/mol. The summed E-state index contributed by atoms with van der Waals surface area (Å²) >= 11 is 5.99. The van der Waals surface area contributed by atoms with Gasteiger partial charge in [-0.2, -0.15) is 0 Å². The second-order valence-corrected chi connectivity index (χ2v) is 8.97. The Balaban J connectivity index is 1.27. The Bertz CT molecular complexity index is 1390. The van der Waals surface area contributed by atoms with Gasteiger partial charge < -0.3 is 14.4 Å². The number of aryl methyl sites for hydroxylation is 1. The smallest absolute Gasteiger partial charge is 0.272 e. The standard InChI is InChI=1S/C27H25ClN4O2/c1-19-26(33)32(25-5-3-2-4-24(25)29-19)18-20-6-8-21(9-7-20)27(34)31-16-14-30(15-17-31)23-12-10-22(28)11-13-23/h2-13H,14-18H2,1H3. The van der Waals surface area contributed by atoms with Crippen LogP contribution in [0.3, 0.4) is 0 Å². The van der Waals surface area contributed by atoms with E-state index in [9.17, 15) is 9.59 Å². The molecular formula is C27H25ClN4O2. The normalized spacial score (nSPS) is 13.9. The van der Waals surface area contributed by atoms with Crippen molar-refractivity contribution in [2.24, 2.45) is 0 Å². The third-order valence-corrected chi connectivity index (χ3v) is 6.57. The number of carbonyl (C=O) groups excluding carboxylic acids is 1. The molecule has 0 N–H and O–H groups in total. The number of amides is 1. The van der Waals surface area contributed by atoms with E-state index in [0.29, 0.717) is 30.9 Å². The van der Waals surface area contributed by atoms with Crippen LogP contribution in [-0.2, 0) is 6.54 Å². The fourth-order valence-corrected chi connectivity index (χ4v) is 4.54. The maximum Gasteiger partial charge on any atom is 0.272 e. The molecule has 5 rings (SSSR count). The minimum atomic E-state index is -0.0996.